The molecule has 1 heterocycles. The van der Waals surface area contributed by atoms with Gasteiger partial charge >= 0.3 is 0 Å². The Morgan fingerprint density at radius 2 is 2.32 bits per heavy atom. The number of nitrogens with zero attached hydrogens (tertiary/aromatic N) is 2. The summed E-state index contributed by atoms with van der Waals surface area (Å²) in [6.45, 7) is 2.52. The molecule has 1 fully saturated rings. The fourth-order valence-electron chi connectivity index (χ4n) is 2.40. The van der Waals surface area contributed by atoms with Crippen LogP contribution in [-0.2, 0) is 11.3 Å². The van der Waals surface area contributed by atoms with Gasteiger partial charge in [-0.1, -0.05) is 18.2 Å². The van der Waals surface area contributed by atoms with Crippen LogP contribution in [0.3, 0.4) is 0 Å². The predicted molar refractivity (Wildman–Crippen MR) is 79.2 cm³/mol. The van der Waals surface area contributed by atoms with Crippen molar-refractivity contribution in [3.8, 4) is 6.07 Å². The smallest absolute Gasteiger partial charge is 0.0995 e. The molecule has 4 heteroatoms. The van der Waals surface area contributed by atoms with Gasteiger partial charge in [-0.3, -0.25) is 4.90 Å². The first-order valence-electron chi connectivity index (χ1n) is 6.64. The molecule has 0 aliphatic carbocycles. The van der Waals surface area contributed by atoms with E-state index in [0.717, 1.165) is 30.8 Å². The molecular weight excluding hydrogens is 256 g/mol. The summed E-state index contributed by atoms with van der Waals surface area (Å²) in [4.78, 5) is 2.46. The van der Waals surface area contributed by atoms with E-state index >= 15 is 0 Å². The molecule has 0 aromatic heterocycles. The van der Waals surface area contributed by atoms with Gasteiger partial charge < -0.3 is 4.74 Å². The lowest BCUT2D eigenvalue weighted by molar-refractivity contribution is 0.121. The Balaban J connectivity index is 2.08. The maximum Gasteiger partial charge on any atom is 0.0995 e. The second-order valence-electron chi connectivity index (χ2n) is 4.75. The Morgan fingerprint density at radius 3 is 3.00 bits per heavy atom. The largest absolute Gasteiger partial charge is 0.383 e. The van der Waals surface area contributed by atoms with Crippen molar-refractivity contribution in [2.45, 2.75) is 19.0 Å². The molecule has 1 aliphatic heterocycles. The molecule has 0 N–H and O–H groups in total. The topological polar surface area (TPSA) is 36.3 Å². The van der Waals surface area contributed by atoms with Crippen LogP contribution < -0.4 is 0 Å². The fourth-order valence-corrected chi connectivity index (χ4v) is 3.65. The van der Waals surface area contributed by atoms with E-state index in [2.05, 4.69) is 17.0 Å². The number of benzene rings is 1. The number of hydrogen-bond acceptors (Lipinski definition) is 4. The summed E-state index contributed by atoms with van der Waals surface area (Å²) in [5.41, 5.74) is 1.91. The lowest BCUT2D eigenvalue weighted by Gasteiger charge is -2.28. The normalized spacial score (nSPS) is 18.7. The summed E-state index contributed by atoms with van der Waals surface area (Å²) in [6.07, 6.45) is 1.24. The van der Waals surface area contributed by atoms with Gasteiger partial charge in [-0.25, -0.2) is 0 Å². The Kier molecular flexibility index (Phi) is 5.71. The molecule has 0 saturated carbocycles. The minimum atomic E-state index is 0.617. The minimum absolute atomic E-state index is 0.617. The van der Waals surface area contributed by atoms with Gasteiger partial charge in [-0.15, -0.1) is 0 Å². The van der Waals surface area contributed by atoms with Crippen LogP contribution in [0.4, 0.5) is 0 Å². The van der Waals surface area contributed by atoms with E-state index in [1.165, 1.54) is 17.9 Å². The first-order valence-corrected chi connectivity index (χ1v) is 7.79. The van der Waals surface area contributed by atoms with Crippen molar-refractivity contribution in [2.75, 3.05) is 31.8 Å². The van der Waals surface area contributed by atoms with Gasteiger partial charge in [-0.2, -0.15) is 17.0 Å². The number of methoxy groups -OCH3 is 1. The SMILES string of the molecule is COCCN(Cc1ccccc1C#N)C1CCSC1. The van der Waals surface area contributed by atoms with E-state index in [9.17, 15) is 5.26 Å². The second-order valence-corrected chi connectivity index (χ2v) is 5.90. The van der Waals surface area contributed by atoms with Crippen LogP contribution >= 0.6 is 11.8 Å². The van der Waals surface area contributed by atoms with Crippen LogP contribution in [0.15, 0.2) is 24.3 Å². The highest BCUT2D eigenvalue weighted by Gasteiger charge is 2.23. The van der Waals surface area contributed by atoms with Crippen molar-refractivity contribution in [1.29, 1.82) is 5.26 Å². The van der Waals surface area contributed by atoms with Crippen LogP contribution in [0.1, 0.15) is 17.5 Å². The molecule has 2 rings (SSSR count). The molecular formula is C15H20N2OS. The van der Waals surface area contributed by atoms with E-state index in [0.29, 0.717) is 6.04 Å². The Labute approximate surface area is 119 Å². The van der Waals surface area contributed by atoms with Gasteiger partial charge in [0, 0.05) is 32.0 Å². The molecule has 19 heavy (non-hydrogen) atoms. The Hall–Kier alpha value is -1.02. The van der Waals surface area contributed by atoms with Gasteiger partial charge in [0.25, 0.3) is 0 Å². The predicted octanol–water partition coefficient (Wildman–Crippen LogP) is 2.51. The molecule has 1 saturated heterocycles. The zero-order valence-electron chi connectivity index (χ0n) is 11.3. The Bertz CT molecular complexity index is 438. The summed E-state index contributed by atoms with van der Waals surface area (Å²) >= 11 is 2.02. The van der Waals surface area contributed by atoms with Gasteiger partial charge in [0.1, 0.15) is 0 Å². The monoisotopic (exact) mass is 276 g/mol. The van der Waals surface area contributed by atoms with E-state index in [4.69, 9.17) is 4.74 Å². The van der Waals surface area contributed by atoms with Gasteiger partial charge in [0.15, 0.2) is 0 Å². The first-order chi connectivity index (χ1) is 9.35. The average Bonchev–Trinajstić information content (AvgIpc) is 2.98. The quantitative estimate of drug-likeness (QED) is 0.800. The van der Waals surface area contributed by atoms with E-state index in [1.807, 2.05) is 30.0 Å². The second kappa shape index (κ2) is 7.54. The standard InChI is InChI=1S/C15H20N2OS/c1-18-8-7-17(15-6-9-19-12-15)11-14-5-3-2-4-13(14)10-16/h2-5,15H,6-9,11-12H2,1H3. The molecule has 3 nitrogen and oxygen atoms in total. The maximum atomic E-state index is 9.18. The lowest BCUT2D eigenvalue weighted by Crippen LogP contribution is -2.37. The van der Waals surface area contributed by atoms with E-state index in [1.54, 1.807) is 7.11 Å². The molecule has 0 bridgehead atoms. The number of ether oxygens (including phenoxy) is 1. The average molecular weight is 276 g/mol. The van der Waals surface area contributed by atoms with Crippen molar-refractivity contribution in [1.82, 2.24) is 4.90 Å². The maximum absolute atomic E-state index is 9.18. The molecule has 0 radical (unpaired) electrons. The molecule has 102 valence electrons. The molecule has 1 atom stereocenters. The Morgan fingerprint density at radius 1 is 1.47 bits per heavy atom. The minimum Gasteiger partial charge on any atom is -0.383 e. The lowest BCUT2D eigenvalue weighted by atomic mass is 10.1. The van der Waals surface area contributed by atoms with Crippen LogP contribution in [0.5, 0.6) is 0 Å². The fraction of sp³-hybridized carbons (Fsp3) is 0.533. The summed E-state index contributed by atoms with van der Waals surface area (Å²) in [7, 11) is 1.74. The summed E-state index contributed by atoms with van der Waals surface area (Å²) in [5, 5.41) is 9.18. The van der Waals surface area contributed by atoms with Crippen molar-refractivity contribution in [3.63, 3.8) is 0 Å². The summed E-state index contributed by atoms with van der Waals surface area (Å²) in [6, 6.07) is 10.8. The van der Waals surface area contributed by atoms with Crippen LogP contribution in [0, 0.1) is 11.3 Å². The van der Waals surface area contributed by atoms with Crippen molar-refractivity contribution < 1.29 is 4.74 Å². The third-order valence-electron chi connectivity index (χ3n) is 3.52. The summed E-state index contributed by atoms with van der Waals surface area (Å²) in [5.74, 6) is 2.44. The first kappa shape index (κ1) is 14.4. The van der Waals surface area contributed by atoms with Crippen molar-refractivity contribution in [3.05, 3.63) is 35.4 Å². The van der Waals surface area contributed by atoms with E-state index < -0.39 is 0 Å². The highest BCUT2D eigenvalue weighted by atomic mass is 32.2. The van der Waals surface area contributed by atoms with Crippen LogP contribution in [0.25, 0.3) is 0 Å². The molecule has 1 aliphatic rings. The van der Waals surface area contributed by atoms with Crippen molar-refractivity contribution >= 4 is 11.8 Å². The highest BCUT2D eigenvalue weighted by Crippen LogP contribution is 2.24. The number of thioether (sulfide) groups is 1. The van der Waals surface area contributed by atoms with Crippen LogP contribution in [0.2, 0.25) is 0 Å². The number of nitriles is 1. The third kappa shape index (κ3) is 3.97. The zero-order chi connectivity index (χ0) is 13.5. The number of rotatable bonds is 6. The van der Waals surface area contributed by atoms with Crippen LogP contribution in [-0.4, -0.2) is 42.7 Å². The van der Waals surface area contributed by atoms with Gasteiger partial charge in [0.2, 0.25) is 0 Å². The van der Waals surface area contributed by atoms with E-state index in [-0.39, 0.29) is 0 Å². The highest BCUT2D eigenvalue weighted by molar-refractivity contribution is 7.99. The van der Waals surface area contributed by atoms with Gasteiger partial charge in [-0.05, 0) is 23.8 Å². The zero-order valence-corrected chi connectivity index (χ0v) is 12.2. The molecule has 0 spiro atoms. The molecule has 0 amide bonds. The third-order valence-corrected chi connectivity index (χ3v) is 4.66. The number of hydrogen-bond donors (Lipinski definition) is 0. The van der Waals surface area contributed by atoms with Gasteiger partial charge in [0.05, 0.1) is 18.2 Å². The molecule has 1 unspecified atom stereocenters. The summed E-state index contributed by atoms with van der Waals surface area (Å²) < 4.78 is 5.21. The molecule has 1 aromatic carbocycles. The van der Waals surface area contributed by atoms with Crippen molar-refractivity contribution in [2.24, 2.45) is 0 Å². The molecule has 1 aromatic rings.